The van der Waals surface area contributed by atoms with E-state index in [0.717, 1.165) is 0 Å². The predicted octanol–water partition coefficient (Wildman–Crippen LogP) is -3.62. The number of rotatable bonds is 6. The van der Waals surface area contributed by atoms with E-state index in [0.29, 0.717) is 50.4 Å². The average Bonchev–Trinajstić information content (AvgIpc) is 3.31. The van der Waals surface area contributed by atoms with Crippen LogP contribution in [0.3, 0.4) is 0 Å². The molecule has 0 aliphatic carbocycles. The summed E-state index contributed by atoms with van der Waals surface area (Å²) in [6, 6.07) is 38.0. The van der Waals surface area contributed by atoms with Crippen LogP contribution < -0.4 is 111 Å². The van der Waals surface area contributed by atoms with Gasteiger partial charge in [0.2, 0.25) is 0 Å². The second-order valence-corrected chi connectivity index (χ2v) is 27.8. The van der Waals surface area contributed by atoms with Crippen LogP contribution in [0.15, 0.2) is 159 Å². The van der Waals surface area contributed by atoms with E-state index in [4.69, 9.17) is 71.6 Å². The maximum atomic E-state index is 11.2. The van der Waals surface area contributed by atoms with Gasteiger partial charge in [0.05, 0.1) is 0 Å². The maximum absolute atomic E-state index is 11.2. The fourth-order valence-corrected chi connectivity index (χ4v) is 6.27. The van der Waals surface area contributed by atoms with E-state index in [1.165, 1.54) is 19.6 Å². The monoisotopic (exact) mass is 1500 g/mol. The molecule has 0 atom stereocenters. The van der Waals surface area contributed by atoms with Gasteiger partial charge in [-0.15, -0.1) is 18.4 Å². The molecule has 0 aliphatic heterocycles. The first kappa shape index (κ1) is 108. The number of aromatic hydroxyl groups is 3. The van der Waals surface area contributed by atoms with E-state index >= 15 is 0 Å². The third kappa shape index (κ3) is 64.2. The number of benzene rings is 5. The summed E-state index contributed by atoms with van der Waals surface area (Å²) in [5.41, 5.74) is -16.5. The number of para-hydroxylation sites is 1. The van der Waals surface area contributed by atoms with E-state index in [9.17, 15) is 62.6 Å². The van der Waals surface area contributed by atoms with Gasteiger partial charge < -0.3 is 69.9 Å². The fraction of sp³-hybridized carbons (Fsp3) is 0.261. The van der Waals surface area contributed by atoms with E-state index < -0.39 is 64.2 Å². The summed E-state index contributed by atoms with van der Waals surface area (Å²) in [6.45, 7) is 2.07. The Labute approximate surface area is 592 Å². The Morgan fingerprint density at radius 3 is 0.820 bits per heavy atom. The summed E-state index contributed by atoms with van der Waals surface area (Å²) in [4.78, 5) is 16.3. The van der Waals surface area contributed by atoms with Crippen molar-refractivity contribution in [3.05, 3.63) is 146 Å². The average molecular weight is 1500 g/mol. The number of ether oxygens (including phenoxy) is 1. The SMILES string of the molecule is C=C(C)C(=O)Oc1ccc([S+](C)C)cc1.C[S+](C)c1ccc(O)cc1.C[S+](C)c1ccc(O)cc1.C[S+](C)c1ccc([O-])cc1.F[C-](F)F.O=S(=O)([O-])C(F)(F)F.O=S(=O)([O-])C(F)(F)F.O=S(=O)([O-])C(F)(F)F.O=S(=O)=O.Oc1ccccc1.[Cl-].[Na+].[Na+].[Na+].[OH-]. The number of phenols is 3. The second kappa shape index (κ2) is 54.0. The molecule has 494 valence electrons. The van der Waals surface area contributed by atoms with Gasteiger partial charge in [0, 0.05) is 49.2 Å². The van der Waals surface area contributed by atoms with Crippen LogP contribution in [0.25, 0.3) is 0 Å². The van der Waals surface area contributed by atoms with Crippen LogP contribution in [-0.2, 0) is 89.3 Å². The summed E-state index contributed by atoms with van der Waals surface area (Å²) in [5, 5.41) is 37.2. The molecule has 0 spiro atoms. The minimum absolute atomic E-state index is 0. The molecule has 0 radical (unpaired) electrons. The first-order valence-corrected chi connectivity index (χ1v) is 34.1. The molecule has 0 bridgehead atoms. The van der Waals surface area contributed by atoms with Crippen molar-refractivity contribution in [3.8, 4) is 28.7 Å². The zero-order chi connectivity index (χ0) is 67.4. The van der Waals surface area contributed by atoms with Crippen molar-refractivity contribution >= 4 is 90.5 Å². The van der Waals surface area contributed by atoms with Crippen LogP contribution in [0.1, 0.15) is 6.92 Å². The number of hydrogen-bond acceptors (Lipinski definition) is 19. The minimum atomic E-state index is -6.09. The summed E-state index contributed by atoms with van der Waals surface area (Å²) >= 11 is 0. The Bertz CT molecular complexity index is 2890. The van der Waals surface area contributed by atoms with Crippen molar-refractivity contribution in [2.45, 2.75) is 43.0 Å². The smallest absolute Gasteiger partial charge is 1.00 e. The molecule has 0 unspecified atom stereocenters. The van der Waals surface area contributed by atoms with Gasteiger partial charge in [-0.25, -0.2) is 30.0 Å². The van der Waals surface area contributed by atoms with Crippen molar-refractivity contribution < 1.29 is 241 Å². The predicted molar refractivity (Wildman–Crippen MR) is 292 cm³/mol. The molecular weight excluding hydrogens is 1450 g/mol. The second-order valence-electron chi connectivity index (χ2n) is 14.8. The van der Waals surface area contributed by atoms with Gasteiger partial charge >= 0.3 is 122 Å². The van der Waals surface area contributed by atoms with Gasteiger partial charge in [-0.1, -0.05) is 36.9 Å². The van der Waals surface area contributed by atoms with Crippen molar-refractivity contribution in [2.24, 2.45) is 0 Å². The Hall–Kier alpha value is -2.33. The molecule has 5 aromatic rings. The molecule has 89 heavy (non-hydrogen) atoms. The molecular formula is C46H54ClF12Na3O19S8. The third-order valence-electron chi connectivity index (χ3n) is 7.37. The molecule has 0 heterocycles. The molecule has 19 nitrogen and oxygen atoms in total. The quantitative estimate of drug-likeness (QED) is 0.0170. The number of hydrogen-bond donors (Lipinski definition) is 3. The number of esters is 1. The van der Waals surface area contributed by atoms with Crippen molar-refractivity contribution in [3.63, 3.8) is 0 Å². The summed E-state index contributed by atoms with van der Waals surface area (Å²) < 4.78 is 236. The molecule has 4 N–H and O–H groups in total. The van der Waals surface area contributed by atoms with Crippen molar-refractivity contribution in [1.82, 2.24) is 0 Å². The van der Waals surface area contributed by atoms with E-state index in [-0.39, 0.29) is 140 Å². The molecule has 0 saturated carbocycles. The van der Waals surface area contributed by atoms with Crippen LogP contribution in [0.4, 0.5) is 52.7 Å². The third-order valence-corrected chi connectivity index (χ3v) is 13.9. The van der Waals surface area contributed by atoms with Crippen LogP contribution in [0.2, 0.25) is 0 Å². The summed E-state index contributed by atoms with van der Waals surface area (Å²) in [7, 11) is -20.3. The molecule has 0 aromatic heterocycles. The molecule has 43 heteroatoms. The normalized spacial score (nSPS) is 10.3. The van der Waals surface area contributed by atoms with Gasteiger partial charge in [-0.2, -0.15) is 39.5 Å². The molecule has 5 aromatic carbocycles. The molecule has 5 rings (SSSR count). The van der Waals surface area contributed by atoms with Gasteiger partial charge in [0.25, 0.3) is 0 Å². The summed E-state index contributed by atoms with van der Waals surface area (Å²) in [5.74, 6) is 1.28. The van der Waals surface area contributed by atoms with Gasteiger partial charge in [0.1, 0.15) is 73.0 Å². The van der Waals surface area contributed by atoms with Crippen molar-refractivity contribution in [2.75, 3.05) is 50.0 Å². The number of phenolic OH excluding ortho intramolecular Hbond substituents is 3. The Balaban J connectivity index is -0.0000000985. The number of halogens is 13. The zero-order valence-corrected chi connectivity index (χ0v) is 61.7. The topological polar surface area (TPSA) is 363 Å². The summed E-state index contributed by atoms with van der Waals surface area (Å²) in [6.07, 6.45) is 17.2. The van der Waals surface area contributed by atoms with Crippen LogP contribution >= 0.6 is 0 Å². The van der Waals surface area contributed by atoms with Gasteiger partial charge in [-0.3, -0.25) is 0 Å². The Morgan fingerprint density at radius 1 is 0.483 bits per heavy atom. The van der Waals surface area contributed by atoms with Gasteiger partial charge in [0.15, 0.2) is 56.6 Å². The van der Waals surface area contributed by atoms with E-state index in [2.05, 4.69) is 56.6 Å². The number of carbonyl (C=O) groups excluding carboxylic acids is 1. The number of carbonyl (C=O) groups is 1. The van der Waals surface area contributed by atoms with Gasteiger partial charge in [-0.05, 0) is 104 Å². The number of alkyl halides is 9. The van der Waals surface area contributed by atoms with E-state index in [1.807, 2.05) is 66.7 Å². The van der Waals surface area contributed by atoms with Crippen LogP contribution in [0.5, 0.6) is 28.7 Å². The zero-order valence-electron chi connectivity index (χ0n) is 48.4. The molecule has 0 saturated heterocycles. The standard InChI is InChI=1S/C12H15O2S.3C8H10OS.C6H6O.3CHF3O3S.CF3.ClH.3Na.O3S.H2O/c1-9(2)12(13)14-10-5-7-11(8-6-10)15(3)4;3*1-10(2)8-5-3-7(9)4-6-8;7-6-4-2-1-3-5-6;3*2-1(3,4)8(5,6)7;2-1(3)4;;;;;1-4(2)3;/h5-8H,1H2,2-4H3;3*3-6H,1-2H3;1-5,7H;3*(H,5,6,7);;1H;;;;;1H2/q+1;;;;;;;;-1;;3*+1;;/p-3. The maximum Gasteiger partial charge on any atom is 1.00 e. The molecule has 0 amide bonds. The Morgan fingerprint density at radius 2 is 0.663 bits per heavy atom. The first-order chi connectivity index (χ1) is 37.7. The molecule has 0 fully saturated rings. The Kier molecular flexibility index (Phi) is 65.6. The van der Waals surface area contributed by atoms with Crippen LogP contribution in [-0.4, -0.2) is 145 Å². The van der Waals surface area contributed by atoms with Crippen molar-refractivity contribution in [1.29, 1.82) is 0 Å². The molecule has 0 aliphatic rings. The fourth-order valence-electron chi connectivity index (χ4n) is 3.55. The largest absolute Gasteiger partial charge is 1.00 e. The first-order valence-electron chi connectivity index (χ1n) is 20.7. The van der Waals surface area contributed by atoms with E-state index in [1.54, 1.807) is 67.6 Å². The minimum Gasteiger partial charge on any atom is -1.00 e. The van der Waals surface area contributed by atoms with Crippen LogP contribution in [0, 0.1) is 6.68 Å².